The predicted octanol–water partition coefficient (Wildman–Crippen LogP) is 4.92. The Hall–Kier alpha value is -2.86. The summed E-state index contributed by atoms with van der Waals surface area (Å²) in [6.07, 6.45) is 1.43. The third-order valence-electron chi connectivity index (χ3n) is 3.94. The Morgan fingerprint density at radius 3 is 2.62 bits per heavy atom. The summed E-state index contributed by atoms with van der Waals surface area (Å²) < 4.78 is 10.2. The van der Waals surface area contributed by atoms with Crippen LogP contribution in [-0.2, 0) is 4.74 Å². The minimum absolute atomic E-state index is 0.0867. The zero-order valence-corrected chi connectivity index (χ0v) is 15.3. The van der Waals surface area contributed by atoms with Gasteiger partial charge < -0.3 is 14.5 Å². The van der Waals surface area contributed by atoms with Crippen molar-refractivity contribution in [2.45, 2.75) is 19.8 Å². The number of amides is 1. The maximum atomic E-state index is 12.3. The summed E-state index contributed by atoms with van der Waals surface area (Å²) >= 11 is 1.37. The van der Waals surface area contributed by atoms with Crippen LogP contribution in [0.3, 0.4) is 0 Å². The number of hydrogen-bond acceptors (Lipinski definition) is 5. The molecule has 3 aromatic rings. The summed E-state index contributed by atoms with van der Waals surface area (Å²) in [5.41, 5.74) is 1.49. The van der Waals surface area contributed by atoms with Crippen molar-refractivity contribution in [1.29, 1.82) is 0 Å². The summed E-state index contributed by atoms with van der Waals surface area (Å²) in [6, 6.07) is 15.0. The van der Waals surface area contributed by atoms with Gasteiger partial charge in [-0.2, -0.15) is 0 Å². The van der Waals surface area contributed by atoms with Crippen molar-refractivity contribution in [2.75, 3.05) is 11.9 Å². The zero-order valence-electron chi connectivity index (χ0n) is 14.5. The number of thiophene rings is 1. The molecule has 0 spiro atoms. The van der Waals surface area contributed by atoms with Crippen molar-refractivity contribution >= 4 is 28.2 Å². The number of furan rings is 1. The van der Waals surface area contributed by atoms with E-state index in [0.717, 1.165) is 10.4 Å². The van der Waals surface area contributed by atoms with Crippen LogP contribution >= 0.6 is 11.3 Å². The van der Waals surface area contributed by atoms with Gasteiger partial charge in [-0.05, 0) is 30.7 Å². The van der Waals surface area contributed by atoms with E-state index in [1.807, 2.05) is 30.3 Å². The molecule has 1 N–H and O–H groups in total. The number of anilines is 1. The van der Waals surface area contributed by atoms with Crippen molar-refractivity contribution in [3.05, 3.63) is 76.6 Å². The highest BCUT2D eigenvalue weighted by atomic mass is 32.1. The first kappa shape index (κ1) is 17.9. The SMILES string of the molecule is CCOC(=O)c1cc(C(C)c2ccccc2)sc1NC(=O)c1ccco1. The molecule has 26 heavy (non-hydrogen) atoms. The summed E-state index contributed by atoms with van der Waals surface area (Å²) in [4.78, 5) is 25.6. The molecule has 0 aliphatic carbocycles. The van der Waals surface area contributed by atoms with Crippen LogP contribution in [0.15, 0.2) is 59.2 Å². The first-order chi connectivity index (χ1) is 12.6. The summed E-state index contributed by atoms with van der Waals surface area (Å²) in [5, 5.41) is 3.22. The highest BCUT2D eigenvalue weighted by molar-refractivity contribution is 7.16. The normalized spacial score (nSPS) is 11.8. The minimum Gasteiger partial charge on any atom is -0.462 e. The fraction of sp³-hybridized carbons (Fsp3) is 0.200. The number of benzene rings is 1. The average Bonchev–Trinajstić information content (AvgIpc) is 3.32. The zero-order chi connectivity index (χ0) is 18.5. The highest BCUT2D eigenvalue weighted by Gasteiger charge is 2.23. The number of carbonyl (C=O) groups excluding carboxylic acids is 2. The van der Waals surface area contributed by atoms with Gasteiger partial charge in [0.25, 0.3) is 5.91 Å². The maximum Gasteiger partial charge on any atom is 0.341 e. The van der Waals surface area contributed by atoms with Gasteiger partial charge in [0.1, 0.15) is 5.00 Å². The van der Waals surface area contributed by atoms with E-state index < -0.39 is 11.9 Å². The Morgan fingerprint density at radius 2 is 1.96 bits per heavy atom. The van der Waals surface area contributed by atoms with E-state index in [-0.39, 0.29) is 18.3 Å². The second-order valence-electron chi connectivity index (χ2n) is 5.68. The largest absolute Gasteiger partial charge is 0.462 e. The molecule has 1 unspecified atom stereocenters. The fourth-order valence-electron chi connectivity index (χ4n) is 2.56. The van der Waals surface area contributed by atoms with Crippen molar-refractivity contribution < 1.29 is 18.7 Å². The topological polar surface area (TPSA) is 68.5 Å². The number of carbonyl (C=O) groups is 2. The number of ether oxygens (including phenoxy) is 1. The van der Waals surface area contributed by atoms with Crippen LogP contribution in [0.2, 0.25) is 0 Å². The summed E-state index contributed by atoms with van der Waals surface area (Å²) in [5.74, 6) is -0.583. The Balaban J connectivity index is 1.92. The molecule has 0 aliphatic rings. The van der Waals surface area contributed by atoms with Crippen LogP contribution in [-0.4, -0.2) is 18.5 Å². The standard InChI is InChI=1S/C20H19NO4S/c1-3-24-20(23)15-12-17(13(2)14-8-5-4-6-9-14)26-19(15)21-18(22)16-10-7-11-25-16/h4-13H,3H2,1-2H3,(H,21,22). The van der Waals surface area contributed by atoms with Crippen molar-refractivity contribution in [2.24, 2.45) is 0 Å². The number of nitrogens with one attached hydrogen (secondary N) is 1. The lowest BCUT2D eigenvalue weighted by Gasteiger charge is -2.09. The van der Waals surface area contributed by atoms with E-state index in [9.17, 15) is 9.59 Å². The Kier molecular flexibility index (Phi) is 5.53. The van der Waals surface area contributed by atoms with Gasteiger partial charge in [-0.25, -0.2) is 4.79 Å². The quantitative estimate of drug-likeness (QED) is 0.626. The average molecular weight is 369 g/mol. The van der Waals surface area contributed by atoms with Gasteiger partial charge in [-0.3, -0.25) is 4.79 Å². The number of esters is 1. The van der Waals surface area contributed by atoms with E-state index in [1.54, 1.807) is 25.1 Å². The third kappa shape index (κ3) is 3.86. The second kappa shape index (κ2) is 8.01. The lowest BCUT2D eigenvalue weighted by molar-refractivity contribution is 0.0528. The molecule has 5 nitrogen and oxygen atoms in total. The minimum atomic E-state index is -0.454. The third-order valence-corrected chi connectivity index (χ3v) is 5.18. The monoisotopic (exact) mass is 369 g/mol. The molecule has 1 aromatic carbocycles. The van der Waals surface area contributed by atoms with Crippen LogP contribution in [0.25, 0.3) is 0 Å². The second-order valence-corrected chi connectivity index (χ2v) is 6.76. The molecule has 2 heterocycles. The smallest absolute Gasteiger partial charge is 0.341 e. The van der Waals surface area contributed by atoms with E-state index in [2.05, 4.69) is 12.2 Å². The first-order valence-corrected chi connectivity index (χ1v) is 9.12. The van der Waals surface area contributed by atoms with Crippen molar-refractivity contribution in [3.63, 3.8) is 0 Å². The van der Waals surface area contributed by atoms with Crippen molar-refractivity contribution in [3.8, 4) is 0 Å². The fourth-order valence-corrected chi connectivity index (χ4v) is 3.68. The summed E-state index contributed by atoms with van der Waals surface area (Å²) in [6.45, 7) is 4.08. The van der Waals surface area contributed by atoms with Gasteiger partial charge in [0.05, 0.1) is 18.4 Å². The van der Waals surface area contributed by atoms with Crippen LogP contribution in [0, 0.1) is 0 Å². The summed E-state index contributed by atoms with van der Waals surface area (Å²) in [7, 11) is 0. The molecule has 6 heteroatoms. The van der Waals surface area contributed by atoms with Gasteiger partial charge in [0.2, 0.25) is 0 Å². The molecule has 0 saturated heterocycles. The van der Waals surface area contributed by atoms with Gasteiger partial charge in [0.15, 0.2) is 5.76 Å². The molecule has 2 aromatic heterocycles. The molecular formula is C20H19NO4S. The van der Waals surface area contributed by atoms with Crippen LogP contribution < -0.4 is 5.32 Å². The first-order valence-electron chi connectivity index (χ1n) is 8.30. The van der Waals surface area contributed by atoms with E-state index in [4.69, 9.17) is 9.15 Å². The van der Waals surface area contributed by atoms with Crippen LogP contribution in [0.5, 0.6) is 0 Å². The van der Waals surface area contributed by atoms with Gasteiger partial charge >= 0.3 is 5.97 Å². The predicted molar refractivity (Wildman–Crippen MR) is 101 cm³/mol. The van der Waals surface area contributed by atoms with Gasteiger partial charge in [-0.1, -0.05) is 37.3 Å². The van der Waals surface area contributed by atoms with Crippen molar-refractivity contribution in [1.82, 2.24) is 0 Å². The number of hydrogen-bond donors (Lipinski definition) is 1. The Morgan fingerprint density at radius 1 is 1.19 bits per heavy atom. The molecule has 0 fully saturated rings. The van der Waals surface area contributed by atoms with Gasteiger partial charge in [0, 0.05) is 10.8 Å². The molecule has 0 saturated carbocycles. The lowest BCUT2D eigenvalue weighted by Crippen LogP contribution is -2.13. The van der Waals surface area contributed by atoms with E-state index >= 15 is 0 Å². The molecule has 0 aliphatic heterocycles. The van der Waals surface area contributed by atoms with Crippen LogP contribution in [0.4, 0.5) is 5.00 Å². The van der Waals surface area contributed by atoms with E-state index in [1.165, 1.54) is 17.6 Å². The molecular weight excluding hydrogens is 350 g/mol. The van der Waals surface area contributed by atoms with Crippen LogP contribution in [0.1, 0.15) is 51.1 Å². The highest BCUT2D eigenvalue weighted by Crippen LogP contribution is 2.36. The number of rotatable bonds is 6. The lowest BCUT2D eigenvalue weighted by atomic mass is 9.99. The van der Waals surface area contributed by atoms with Gasteiger partial charge in [-0.15, -0.1) is 11.3 Å². The molecule has 0 radical (unpaired) electrons. The molecule has 0 bridgehead atoms. The Bertz CT molecular complexity index is 884. The molecule has 134 valence electrons. The maximum absolute atomic E-state index is 12.3. The molecule has 1 atom stereocenters. The van der Waals surface area contributed by atoms with E-state index in [0.29, 0.717) is 10.6 Å². The Labute approximate surface area is 155 Å². The molecule has 1 amide bonds. The molecule has 3 rings (SSSR count).